The lowest BCUT2D eigenvalue weighted by atomic mass is 9.82. The summed E-state index contributed by atoms with van der Waals surface area (Å²) in [6.45, 7) is 2.38. The van der Waals surface area contributed by atoms with Crippen molar-refractivity contribution >= 4 is 72.5 Å². The van der Waals surface area contributed by atoms with Crippen LogP contribution in [0, 0.1) is 12.8 Å². The lowest BCUT2D eigenvalue weighted by Gasteiger charge is -2.31. The Bertz CT molecular complexity index is 1630. The molecule has 6 rings (SSSR count). The third-order valence-corrected chi connectivity index (χ3v) is 10.1. The van der Waals surface area contributed by atoms with Crippen LogP contribution in [0.1, 0.15) is 27.5 Å². The monoisotopic (exact) mass is 670 g/mol. The molecule has 1 fully saturated rings. The second kappa shape index (κ2) is 10.1. The maximum atomic E-state index is 14.0. The zero-order chi connectivity index (χ0) is 26.6. The molecule has 6 nitrogen and oxygen atoms in total. The molecule has 1 saturated heterocycles. The number of anilines is 1. The van der Waals surface area contributed by atoms with Crippen molar-refractivity contribution in [3.8, 4) is 5.75 Å². The van der Waals surface area contributed by atoms with Gasteiger partial charge in [-0.3, -0.25) is 14.4 Å². The molecule has 0 spiro atoms. The van der Waals surface area contributed by atoms with Crippen molar-refractivity contribution in [2.45, 2.75) is 29.7 Å². The topological polar surface area (TPSA) is 79.5 Å². The molecule has 2 aliphatic heterocycles. The third kappa shape index (κ3) is 4.57. The van der Waals surface area contributed by atoms with E-state index in [2.05, 4.69) is 42.9 Å². The van der Waals surface area contributed by atoms with Crippen molar-refractivity contribution < 1.29 is 14.3 Å². The van der Waals surface area contributed by atoms with Crippen molar-refractivity contribution in [3.05, 3.63) is 107 Å². The Morgan fingerprint density at radius 1 is 0.947 bits per heavy atom. The van der Waals surface area contributed by atoms with Gasteiger partial charge in [0.2, 0.25) is 11.8 Å². The molecule has 0 saturated carbocycles. The second-order valence-corrected chi connectivity index (χ2v) is 13.2. The number of hydrogen-bond donors (Lipinski definition) is 1. The Morgan fingerprint density at radius 2 is 1.71 bits per heavy atom. The number of carbonyl (C=O) groups is 2. The van der Waals surface area contributed by atoms with Gasteiger partial charge >= 0.3 is 4.87 Å². The number of nitrogens with one attached hydrogen (secondary N) is 1. The number of nitrogens with zero attached hydrogens (tertiary/aromatic N) is 1. The van der Waals surface area contributed by atoms with Gasteiger partial charge < -0.3 is 9.72 Å². The van der Waals surface area contributed by atoms with Gasteiger partial charge in [0.05, 0.1) is 16.6 Å². The van der Waals surface area contributed by atoms with Crippen LogP contribution in [-0.4, -0.2) is 22.0 Å². The van der Waals surface area contributed by atoms with E-state index in [-0.39, 0.29) is 16.7 Å². The Morgan fingerprint density at radius 3 is 2.47 bits per heavy atom. The van der Waals surface area contributed by atoms with Crippen molar-refractivity contribution in [1.82, 2.24) is 4.98 Å². The molecule has 1 aromatic heterocycles. The normalized spacial score (nSPS) is 20.4. The number of thiazole rings is 1. The highest BCUT2D eigenvalue weighted by Gasteiger charge is 2.56. The molecule has 2 amide bonds. The summed E-state index contributed by atoms with van der Waals surface area (Å²) in [6, 6.07) is 20.9. The number of aromatic amines is 1. The summed E-state index contributed by atoms with van der Waals surface area (Å²) in [5.74, 6) is -1.17. The smallest absolute Gasteiger partial charge is 0.305 e. The average molecular weight is 672 g/mol. The van der Waals surface area contributed by atoms with E-state index >= 15 is 0 Å². The molecule has 10 heteroatoms. The van der Waals surface area contributed by atoms with E-state index in [1.54, 1.807) is 12.1 Å². The molecule has 3 heterocycles. The Kier molecular flexibility index (Phi) is 6.84. The summed E-state index contributed by atoms with van der Waals surface area (Å²) in [4.78, 5) is 44.8. The van der Waals surface area contributed by atoms with Crippen LogP contribution in [0.4, 0.5) is 5.69 Å². The number of imide groups is 1. The number of ether oxygens (including phenoxy) is 1. The van der Waals surface area contributed by atoms with Crippen LogP contribution in [0.25, 0.3) is 0 Å². The highest BCUT2D eigenvalue weighted by Crippen LogP contribution is 2.54. The molecule has 1 N–H and O–H groups in total. The first-order valence-electron chi connectivity index (χ1n) is 11.8. The van der Waals surface area contributed by atoms with Gasteiger partial charge in [0.1, 0.15) is 17.6 Å². The van der Waals surface area contributed by atoms with Gasteiger partial charge in [-0.25, -0.2) is 4.90 Å². The van der Waals surface area contributed by atoms with E-state index in [1.807, 2.05) is 55.5 Å². The molecule has 3 atom stereocenters. The van der Waals surface area contributed by atoms with Crippen molar-refractivity contribution in [2.24, 2.45) is 5.92 Å². The van der Waals surface area contributed by atoms with Crippen molar-refractivity contribution in [3.63, 3.8) is 0 Å². The number of aryl methyl sites for hydroxylation is 1. The molecule has 0 bridgehead atoms. The standard InChI is InChI=1S/C28H20Br2N2O4S2/c1-14-3-2-4-15(11-14)13-36-20-10-7-17(30)12-19(20)21-22-24(37-25-23(21)38-28(35)31-25)27(34)32(26(22)33)18-8-5-16(29)6-9-18/h2-12,21-22,24H,13H2,1H3,(H,31,35)/t21-,22?,24?/m1/s1. The van der Waals surface area contributed by atoms with E-state index in [0.29, 0.717) is 23.1 Å². The number of halogens is 2. The number of rotatable bonds is 5. The number of H-pyrrole nitrogens is 1. The summed E-state index contributed by atoms with van der Waals surface area (Å²) >= 11 is 9.34. The first-order chi connectivity index (χ1) is 18.3. The minimum atomic E-state index is -0.689. The molecule has 3 aromatic carbocycles. The summed E-state index contributed by atoms with van der Waals surface area (Å²) in [5.41, 5.74) is 3.45. The summed E-state index contributed by atoms with van der Waals surface area (Å²) in [7, 11) is 0. The predicted octanol–water partition coefficient (Wildman–Crippen LogP) is 6.64. The highest BCUT2D eigenvalue weighted by atomic mass is 79.9. The predicted molar refractivity (Wildman–Crippen MR) is 156 cm³/mol. The first-order valence-corrected chi connectivity index (χ1v) is 15.1. The van der Waals surface area contributed by atoms with Crippen LogP contribution in [0.15, 0.2) is 85.5 Å². The van der Waals surface area contributed by atoms with Gasteiger partial charge in [-0.1, -0.05) is 84.8 Å². The number of benzene rings is 3. The summed E-state index contributed by atoms with van der Waals surface area (Å²) in [6.07, 6.45) is 0. The van der Waals surface area contributed by atoms with Crippen LogP contribution in [0.5, 0.6) is 5.75 Å². The minimum Gasteiger partial charge on any atom is -0.489 e. The van der Waals surface area contributed by atoms with E-state index < -0.39 is 17.1 Å². The zero-order valence-corrected chi connectivity index (χ0v) is 24.7. The number of amides is 2. The largest absolute Gasteiger partial charge is 0.489 e. The number of thioether (sulfide) groups is 1. The SMILES string of the molecule is Cc1cccc(COc2ccc(Br)cc2[C@H]2c3sc(=O)[nH]c3SC3C(=O)N(c4ccc(Br)cc4)C(=O)C32)c1. The molecule has 192 valence electrons. The van der Waals surface area contributed by atoms with Crippen molar-refractivity contribution in [1.29, 1.82) is 0 Å². The van der Waals surface area contributed by atoms with Crippen LogP contribution in [0.3, 0.4) is 0 Å². The van der Waals surface area contributed by atoms with Crippen molar-refractivity contribution in [2.75, 3.05) is 4.90 Å². The van der Waals surface area contributed by atoms with Gasteiger partial charge in [-0.15, -0.1) is 0 Å². The zero-order valence-electron chi connectivity index (χ0n) is 19.9. The molecule has 38 heavy (non-hydrogen) atoms. The van der Waals surface area contributed by atoms with Gasteiger partial charge in [0.15, 0.2) is 0 Å². The number of hydrogen-bond acceptors (Lipinski definition) is 6. The van der Waals surface area contributed by atoms with E-state index in [9.17, 15) is 14.4 Å². The lowest BCUT2D eigenvalue weighted by Crippen LogP contribution is -2.32. The molecule has 4 aromatic rings. The maximum Gasteiger partial charge on any atom is 0.305 e. The molecule has 0 aliphatic carbocycles. The van der Waals surface area contributed by atoms with E-state index in [0.717, 1.165) is 41.8 Å². The molecule has 2 aliphatic rings. The fraction of sp³-hybridized carbons (Fsp3) is 0.179. The lowest BCUT2D eigenvalue weighted by molar-refractivity contribution is -0.122. The van der Waals surface area contributed by atoms with Crippen LogP contribution in [-0.2, 0) is 16.2 Å². The quantitative estimate of drug-likeness (QED) is 0.241. The van der Waals surface area contributed by atoms with Gasteiger partial charge in [-0.2, -0.15) is 0 Å². The molecule has 0 radical (unpaired) electrons. The maximum absolute atomic E-state index is 14.0. The minimum absolute atomic E-state index is 0.214. The van der Waals surface area contributed by atoms with Gasteiger partial charge in [-0.05, 0) is 55.0 Å². The Hall–Kier alpha value is -2.66. The third-order valence-electron chi connectivity index (χ3n) is 6.69. The summed E-state index contributed by atoms with van der Waals surface area (Å²) in [5, 5.41) is -0.0350. The molecular formula is C28H20Br2N2O4S2. The Balaban J connectivity index is 1.45. The first kappa shape index (κ1) is 25.6. The second-order valence-electron chi connectivity index (χ2n) is 9.20. The fourth-order valence-electron chi connectivity index (χ4n) is 5.05. The van der Waals surface area contributed by atoms with Crippen LogP contribution < -0.4 is 14.5 Å². The van der Waals surface area contributed by atoms with Gasteiger partial charge in [0.25, 0.3) is 0 Å². The van der Waals surface area contributed by atoms with Crippen LogP contribution >= 0.6 is 55.0 Å². The summed E-state index contributed by atoms with van der Waals surface area (Å²) < 4.78 is 7.99. The van der Waals surface area contributed by atoms with E-state index in [1.165, 1.54) is 16.7 Å². The van der Waals surface area contributed by atoms with Gasteiger partial charge in [0, 0.05) is 25.3 Å². The number of carbonyl (C=O) groups excluding carboxylic acids is 2. The fourth-order valence-corrected chi connectivity index (χ4v) is 8.20. The molecule has 2 unspecified atom stereocenters. The number of aromatic nitrogens is 1. The molecular weight excluding hydrogens is 652 g/mol. The highest BCUT2D eigenvalue weighted by molar-refractivity contribution is 9.10. The number of fused-ring (bicyclic) bond motifs is 2. The van der Waals surface area contributed by atoms with E-state index in [4.69, 9.17) is 4.74 Å². The average Bonchev–Trinajstić information content (AvgIpc) is 3.38. The van der Waals surface area contributed by atoms with Crippen LogP contribution in [0.2, 0.25) is 0 Å². The Labute approximate surface area is 243 Å².